The second kappa shape index (κ2) is 6.38. The summed E-state index contributed by atoms with van der Waals surface area (Å²) >= 11 is 1.35. The largest absolute Gasteiger partial charge is 0.493 e. The van der Waals surface area contributed by atoms with Crippen LogP contribution in [0.4, 0.5) is 0 Å². The standard InChI is InChI=1S/C14H15NO4S/c1-3-19-13-10(5-4-6-11(13)18-2)14-15-8-9(20-14)7-12(16)17/h4-6,8H,3,7H2,1-2H3,(H,16,17). The zero-order valence-electron chi connectivity index (χ0n) is 11.3. The van der Waals surface area contributed by atoms with Gasteiger partial charge < -0.3 is 14.6 Å². The summed E-state index contributed by atoms with van der Waals surface area (Å²) in [6.45, 7) is 2.41. The Morgan fingerprint density at radius 3 is 2.90 bits per heavy atom. The number of aromatic nitrogens is 1. The summed E-state index contributed by atoms with van der Waals surface area (Å²) in [5.74, 6) is 0.406. The summed E-state index contributed by atoms with van der Waals surface area (Å²) in [6.07, 6.45) is 1.56. The summed E-state index contributed by atoms with van der Waals surface area (Å²) < 4.78 is 10.9. The van der Waals surface area contributed by atoms with E-state index in [0.717, 1.165) is 10.6 Å². The molecule has 5 nitrogen and oxygen atoms in total. The minimum atomic E-state index is -0.865. The quantitative estimate of drug-likeness (QED) is 0.887. The Kier molecular flexibility index (Phi) is 4.57. The zero-order valence-corrected chi connectivity index (χ0v) is 12.1. The van der Waals surface area contributed by atoms with Gasteiger partial charge in [-0.25, -0.2) is 4.98 Å². The van der Waals surface area contributed by atoms with Crippen molar-refractivity contribution >= 4 is 17.3 Å². The lowest BCUT2D eigenvalue weighted by Crippen LogP contribution is -1.97. The van der Waals surface area contributed by atoms with Crippen LogP contribution < -0.4 is 9.47 Å². The second-order valence-corrected chi connectivity index (χ2v) is 5.09. The first-order valence-corrected chi connectivity index (χ1v) is 6.94. The highest BCUT2D eigenvalue weighted by atomic mass is 32.1. The molecule has 1 N–H and O–H groups in total. The zero-order chi connectivity index (χ0) is 14.5. The molecule has 2 aromatic rings. The normalized spacial score (nSPS) is 10.3. The molecular formula is C14H15NO4S. The summed E-state index contributed by atoms with van der Waals surface area (Å²) in [7, 11) is 1.58. The highest BCUT2D eigenvalue weighted by Gasteiger charge is 2.15. The average Bonchev–Trinajstić information content (AvgIpc) is 2.86. The molecule has 0 saturated heterocycles. The van der Waals surface area contributed by atoms with Crippen molar-refractivity contribution in [3.8, 4) is 22.1 Å². The van der Waals surface area contributed by atoms with Gasteiger partial charge in [0.15, 0.2) is 11.5 Å². The predicted octanol–water partition coefficient (Wildman–Crippen LogP) is 2.84. The Morgan fingerprint density at radius 2 is 2.25 bits per heavy atom. The van der Waals surface area contributed by atoms with Crippen LogP contribution in [0.5, 0.6) is 11.5 Å². The molecule has 0 radical (unpaired) electrons. The number of para-hydroxylation sites is 1. The van der Waals surface area contributed by atoms with Crippen molar-refractivity contribution in [2.75, 3.05) is 13.7 Å². The fourth-order valence-electron chi connectivity index (χ4n) is 1.80. The van der Waals surface area contributed by atoms with Gasteiger partial charge in [-0.3, -0.25) is 4.79 Å². The van der Waals surface area contributed by atoms with Gasteiger partial charge in [-0.2, -0.15) is 0 Å². The molecule has 0 atom stereocenters. The van der Waals surface area contributed by atoms with E-state index in [2.05, 4.69) is 4.98 Å². The molecule has 0 bridgehead atoms. The number of benzene rings is 1. The summed E-state index contributed by atoms with van der Waals surface area (Å²) in [5.41, 5.74) is 0.813. The van der Waals surface area contributed by atoms with Gasteiger partial charge in [0, 0.05) is 11.1 Å². The van der Waals surface area contributed by atoms with E-state index in [4.69, 9.17) is 14.6 Å². The highest BCUT2D eigenvalue weighted by Crippen LogP contribution is 2.39. The van der Waals surface area contributed by atoms with Crippen molar-refractivity contribution in [1.82, 2.24) is 4.98 Å². The van der Waals surface area contributed by atoms with Crippen LogP contribution in [0.15, 0.2) is 24.4 Å². The van der Waals surface area contributed by atoms with Crippen LogP contribution in [0, 0.1) is 0 Å². The molecule has 0 saturated carbocycles. The molecule has 1 aromatic carbocycles. The highest BCUT2D eigenvalue weighted by molar-refractivity contribution is 7.15. The Labute approximate surface area is 120 Å². The van der Waals surface area contributed by atoms with E-state index in [0.29, 0.717) is 23.0 Å². The molecule has 0 aliphatic carbocycles. The minimum Gasteiger partial charge on any atom is -0.493 e. The van der Waals surface area contributed by atoms with Gasteiger partial charge in [-0.1, -0.05) is 6.07 Å². The van der Waals surface area contributed by atoms with Crippen molar-refractivity contribution in [1.29, 1.82) is 0 Å². The number of nitrogens with zero attached hydrogens (tertiary/aromatic N) is 1. The smallest absolute Gasteiger partial charge is 0.308 e. The molecule has 0 unspecified atom stereocenters. The SMILES string of the molecule is CCOc1c(OC)cccc1-c1ncc(CC(=O)O)s1. The van der Waals surface area contributed by atoms with Crippen LogP contribution in [0.2, 0.25) is 0 Å². The number of thiazole rings is 1. The molecular weight excluding hydrogens is 278 g/mol. The molecule has 106 valence electrons. The number of aliphatic carboxylic acids is 1. The number of methoxy groups -OCH3 is 1. The lowest BCUT2D eigenvalue weighted by Gasteiger charge is -2.12. The second-order valence-electron chi connectivity index (χ2n) is 3.97. The van der Waals surface area contributed by atoms with Crippen molar-refractivity contribution in [3.63, 3.8) is 0 Å². The van der Waals surface area contributed by atoms with Gasteiger partial charge in [-0.05, 0) is 19.1 Å². The Hall–Kier alpha value is -2.08. The maximum absolute atomic E-state index is 10.7. The van der Waals surface area contributed by atoms with E-state index < -0.39 is 5.97 Å². The van der Waals surface area contributed by atoms with Gasteiger partial charge in [-0.15, -0.1) is 11.3 Å². The lowest BCUT2D eigenvalue weighted by atomic mass is 10.2. The van der Waals surface area contributed by atoms with Crippen molar-refractivity contribution in [3.05, 3.63) is 29.3 Å². The molecule has 0 aliphatic rings. The summed E-state index contributed by atoms with van der Waals surface area (Å²) in [5, 5.41) is 9.53. The molecule has 0 aliphatic heterocycles. The maximum atomic E-state index is 10.7. The molecule has 0 fully saturated rings. The Bertz CT molecular complexity index is 609. The third-order valence-electron chi connectivity index (χ3n) is 2.60. The third kappa shape index (κ3) is 3.08. The monoisotopic (exact) mass is 293 g/mol. The molecule has 1 heterocycles. The van der Waals surface area contributed by atoms with Crippen LogP contribution >= 0.6 is 11.3 Å². The molecule has 2 rings (SSSR count). The Morgan fingerprint density at radius 1 is 1.45 bits per heavy atom. The maximum Gasteiger partial charge on any atom is 0.308 e. The lowest BCUT2D eigenvalue weighted by molar-refractivity contribution is -0.136. The molecule has 0 spiro atoms. The minimum absolute atomic E-state index is 0.0222. The van der Waals surface area contributed by atoms with Crippen LogP contribution in [0.1, 0.15) is 11.8 Å². The topological polar surface area (TPSA) is 68.7 Å². The number of rotatable bonds is 6. The third-order valence-corrected chi connectivity index (χ3v) is 3.63. The van der Waals surface area contributed by atoms with Crippen molar-refractivity contribution in [2.45, 2.75) is 13.3 Å². The Balaban J connectivity index is 2.41. The van der Waals surface area contributed by atoms with E-state index in [9.17, 15) is 4.79 Å². The van der Waals surface area contributed by atoms with Crippen LogP contribution in [-0.2, 0) is 11.2 Å². The summed E-state index contributed by atoms with van der Waals surface area (Å²) in [4.78, 5) is 15.7. The van der Waals surface area contributed by atoms with E-state index in [-0.39, 0.29) is 6.42 Å². The van der Waals surface area contributed by atoms with Gasteiger partial charge in [0.2, 0.25) is 0 Å². The summed E-state index contributed by atoms with van der Waals surface area (Å²) in [6, 6.07) is 5.56. The number of carboxylic acid groups (broad SMARTS) is 1. The molecule has 6 heteroatoms. The van der Waals surface area contributed by atoms with Crippen molar-refractivity contribution < 1.29 is 19.4 Å². The average molecular weight is 293 g/mol. The molecule has 0 amide bonds. The van der Waals surface area contributed by atoms with Crippen LogP contribution in [0.3, 0.4) is 0 Å². The first kappa shape index (κ1) is 14.3. The van der Waals surface area contributed by atoms with Gasteiger partial charge in [0.1, 0.15) is 5.01 Å². The predicted molar refractivity (Wildman–Crippen MR) is 76.6 cm³/mol. The number of ether oxygens (including phenoxy) is 2. The fraction of sp³-hybridized carbons (Fsp3) is 0.286. The van der Waals surface area contributed by atoms with E-state index in [1.807, 2.05) is 25.1 Å². The number of hydrogen-bond acceptors (Lipinski definition) is 5. The van der Waals surface area contributed by atoms with E-state index in [1.54, 1.807) is 13.3 Å². The number of carboxylic acids is 1. The molecule has 1 aromatic heterocycles. The van der Waals surface area contributed by atoms with E-state index in [1.165, 1.54) is 11.3 Å². The van der Waals surface area contributed by atoms with Crippen LogP contribution in [-0.4, -0.2) is 29.8 Å². The first-order chi connectivity index (χ1) is 9.65. The number of hydrogen-bond donors (Lipinski definition) is 1. The van der Waals surface area contributed by atoms with Gasteiger partial charge in [0.25, 0.3) is 0 Å². The van der Waals surface area contributed by atoms with Gasteiger partial charge >= 0.3 is 5.97 Å². The fourth-order valence-corrected chi connectivity index (χ4v) is 2.73. The van der Waals surface area contributed by atoms with E-state index >= 15 is 0 Å². The number of carbonyl (C=O) groups is 1. The van der Waals surface area contributed by atoms with Gasteiger partial charge in [0.05, 0.1) is 25.7 Å². The first-order valence-electron chi connectivity index (χ1n) is 6.12. The molecule has 20 heavy (non-hydrogen) atoms. The van der Waals surface area contributed by atoms with Crippen molar-refractivity contribution in [2.24, 2.45) is 0 Å². The van der Waals surface area contributed by atoms with Crippen LogP contribution in [0.25, 0.3) is 10.6 Å².